The van der Waals surface area contributed by atoms with E-state index in [0.29, 0.717) is 0 Å². The zero-order chi connectivity index (χ0) is 13.7. The van der Waals surface area contributed by atoms with Crippen LogP contribution in [0.3, 0.4) is 0 Å². The van der Waals surface area contributed by atoms with E-state index < -0.39 is 18.1 Å². The quantitative estimate of drug-likeness (QED) is 0.815. The molecule has 0 aromatic heterocycles. The second-order valence-electron chi connectivity index (χ2n) is 4.36. The molecule has 4 heteroatoms. The molecule has 4 nitrogen and oxygen atoms in total. The lowest BCUT2D eigenvalue weighted by atomic mass is 10.0. The molecule has 0 saturated heterocycles. The second-order valence-corrected chi connectivity index (χ2v) is 4.36. The van der Waals surface area contributed by atoms with Crippen LogP contribution in [0.5, 0.6) is 0 Å². The lowest BCUT2D eigenvalue weighted by Gasteiger charge is -2.23. The molecule has 0 aliphatic carbocycles. The van der Waals surface area contributed by atoms with Gasteiger partial charge in [0.05, 0.1) is 6.10 Å². The summed E-state index contributed by atoms with van der Waals surface area (Å²) in [6, 6.07) is 5.21. The van der Waals surface area contributed by atoms with E-state index in [1.165, 1.54) is 7.11 Å². The molecule has 0 aliphatic rings. The topological polar surface area (TPSA) is 58.6 Å². The van der Waals surface area contributed by atoms with Gasteiger partial charge < -0.3 is 15.2 Å². The van der Waals surface area contributed by atoms with Crippen molar-refractivity contribution in [3.05, 3.63) is 29.3 Å². The number of ether oxygens (including phenoxy) is 1. The first-order valence-corrected chi connectivity index (χ1v) is 6.11. The van der Waals surface area contributed by atoms with E-state index in [2.05, 4.69) is 12.2 Å². The Kier molecular flexibility index (Phi) is 5.16. The van der Waals surface area contributed by atoms with Crippen LogP contribution >= 0.6 is 0 Å². The molecule has 0 radical (unpaired) electrons. The van der Waals surface area contributed by atoms with E-state index >= 15 is 0 Å². The average Bonchev–Trinajstić information content (AvgIpc) is 2.35. The van der Waals surface area contributed by atoms with E-state index in [-0.39, 0.29) is 0 Å². The highest BCUT2D eigenvalue weighted by Gasteiger charge is 2.25. The van der Waals surface area contributed by atoms with Gasteiger partial charge in [-0.3, -0.25) is 0 Å². The van der Waals surface area contributed by atoms with Gasteiger partial charge in [0.15, 0.2) is 6.04 Å². The highest BCUT2D eigenvalue weighted by Crippen LogP contribution is 2.22. The number of anilines is 1. The van der Waals surface area contributed by atoms with Crippen LogP contribution in [-0.4, -0.2) is 30.3 Å². The summed E-state index contributed by atoms with van der Waals surface area (Å²) in [6.07, 6.45) is 0.462. The van der Waals surface area contributed by atoms with Crippen LogP contribution in [0.25, 0.3) is 0 Å². The first-order valence-electron chi connectivity index (χ1n) is 6.11. The molecule has 2 atom stereocenters. The fourth-order valence-electron chi connectivity index (χ4n) is 1.90. The fraction of sp³-hybridized carbons (Fsp3) is 0.500. The summed E-state index contributed by atoms with van der Waals surface area (Å²) >= 11 is 0. The van der Waals surface area contributed by atoms with E-state index in [1.807, 2.05) is 25.1 Å². The van der Waals surface area contributed by atoms with E-state index in [1.54, 1.807) is 6.92 Å². The van der Waals surface area contributed by atoms with Crippen molar-refractivity contribution in [3.8, 4) is 0 Å². The van der Waals surface area contributed by atoms with Gasteiger partial charge in [-0.05, 0) is 31.4 Å². The van der Waals surface area contributed by atoms with Crippen LogP contribution in [0.4, 0.5) is 5.69 Å². The number of rotatable bonds is 6. The van der Waals surface area contributed by atoms with Crippen molar-refractivity contribution < 1.29 is 14.6 Å². The number of aliphatic carboxylic acids is 1. The molecular weight excluding hydrogens is 230 g/mol. The molecule has 0 bridgehead atoms. The Morgan fingerprint density at radius 3 is 2.67 bits per heavy atom. The Balaban J connectivity index is 3.04. The minimum atomic E-state index is -0.908. The van der Waals surface area contributed by atoms with Gasteiger partial charge in [0.2, 0.25) is 0 Å². The number of carboxylic acid groups (broad SMARTS) is 1. The van der Waals surface area contributed by atoms with Gasteiger partial charge in [-0.2, -0.15) is 0 Å². The van der Waals surface area contributed by atoms with Crippen molar-refractivity contribution in [2.45, 2.75) is 39.3 Å². The molecule has 0 saturated carbocycles. The summed E-state index contributed by atoms with van der Waals surface area (Å²) in [5.74, 6) is -0.908. The van der Waals surface area contributed by atoms with Crippen molar-refractivity contribution in [1.82, 2.24) is 0 Å². The van der Waals surface area contributed by atoms with Gasteiger partial charge in [0.25, 0.3) is 0 Å². The third-order valence-electron chi connectivity index (χ3n) is 3.15. The third kappa shape index (κ3) is 3.23. The van der Waals surface area contributed by atoms with Gasteiger partial charge in [-0.25, -0.2) is 4.79 Å². The fourth-order valence-corrected chi connectivity index (χ4v) is 1.90. The number of hydrogen-bond donors (Lipinski definition) is 2. The highest BCUT2D eigenvalue weighted by atomic mass is 16.5. The zero-order valence-electron chi connectivity index (χ0n) is 11.4. The molecular formula is C14H21NO3. The maximum atomic E-state index is 11.3. The van der Waals surface area contributed by atoms with Crippen LogP contribution in [0.1, 0.15) is 25.0 Å². The van der Waals surface area contributed by atoms with Crippen molar-refractivity contribution in [1.29, 1.82) is 0 Å². The maximum Gasteiger partial charge on any atom is 0.328 e. The standard InChI is InChI=1S/C14H21NO3/c1-5-11-8-6-7-9(2)12(11)15-13(14(16)17)10(3)18-4/h6-8,10,13,15H,5H2,1-4H3,(H,16,17). The molecule has 100 valence electrons. The lowest BCUT2D eigenvalue weighted by molar-refractivity contribution is -0.140. The molecule has 0 spiro atoms. The number of para-hydroxylation sites is 1. The molecule has 2 unspecified atom stereocenters. The number of aryl methyl sites for hydroxylation is 2. The Morgan fingerprint density at radius 2 is 2.17 bits per heavy atom. The Morgan fingerprint density at radius 1 is 1.50 bits per heavy atom. The summed E-state index contributed by atoms with van der Waals surface area (Å²) in [5.41, 5.74) is 3.06. The number of methoxy groups -OCH3 is 1. The first kappa shape index (κ1) is 14.5. The molecule has 2 N–H and O–H groups in total. The largest absolute Gasteiger partial charge is 0.480 e. The Hall–Kier alpha value is -1.55. The predicted octanol–water partition coefficient (Wildman–Crippen LogP) is 2.46. The molecule has 0 heterocycles. The van der Waals surface area contributed by atoms with Gasteiger partial charge in [0.1, 0.15) is 0 Å². The van der Waals surface area contributed by atoms with Gasteiger partial charge in [0, 0.05) is 12.8 Å². The molecule has 18 heavy (non-hydrogen) atoms. The average molecular weight is 251 g/mol. The SMILES string of the molecule is CCc1cccc(C)c1NC(C(=O)O)C(C)OC. The summed E-state index contributed by atoms with van der Waals surface area (Å²) < 4.78 is 5.12. The normalized spacial score (nSPS) is 14.0. The number of carboxylic acids is 1. The van der Waals surface area contributed by atoms with Gasteiger partial charge >= 0.3 is 5.97 Å². The molecule has 1 aromatic rings. The Labute approximate surface area is 108 Å². The van der Waals surface area contributed by atoms with E-state index in [9.17, 15) is 9.90 Å². The Bertz CT molecular complexity index is 418. The monoisotopic (exact) mass is 251 g/mol. The summed E-state index contributed by atoms with van der Waals surface area (Å²) in [4.78, 5) is 11.3. The van der Waals surface area contributed by atoms with Crippen molar-refractivity contribution in [2.24, 2.45) is 0 Å². The summed E-state index contributed by atoms with van der Waals surface area (Å²) in [7, 11) is 1.51. The van der Waals surface area contributed by atoms with Crippen LogP contribution in [-0.2, 0) is 16.0 Å². The second kappa shape index (κ2) is 6.40. The van der Waals surface area contributed by atoms with Crippen LogP contribution < -0.4 is 5.32 Å². The van der Waals surface area contributed by atoms with E-state index in [0.717, 1.165) is 23.2 Å². The number of nitrogens with one attached hydrogen (secondary N) is 1. The summed E-state index contributed by atoms with van der Waals surface area (Å²) in [6.45, 7) is 5.77. The minimum Gasteiger partial charge on any atom is -0.480 e. The smallest absolute Gasteiger partial charge is 0.328 e. The highest BCUT2D eigenvalue weighted by molar-refractivity contribution is 5.79. The maximum absolute atomic E-state index is 11.3. The van der Waals surface area contributed by atoms with Gasteiger partial charge in [-0.1, -0.05) is 25.1 Å². The molecule has 1 aromatic carbocycles. The van der Waals surface area contributed by atoms with Crippen LogP contribution in [0.15, 0.2) is 18.2 Å². The number of carbonyl (C=O) groups is 1. The predicted molar refractivity (Wildman–Crippen MR) is 72.1 cm³/mol. The molecule has 0 amide bonds. The minimum absolute atomic E-state index is 0.396. The zero-order valence-corrected chi connectivity index (χ0v) is 11.4. The summed E-state index contributed by atoms with van der Waals surface area (Å²) in [5, 5.41) is 12.3. The molecule has 1 rings (SSSR count). The van der Waals surface area contributed by atoms with Crippen LogP contribution in [0.2, 0.25) is 0 Å². The van der Waals surface area contributed by atoms with Crippen molar-refractivity contribution >= 4 is 11.7 Å². The third-order valence-corrected chi connectivity index (χ3v) is 3.15. The van der Waals surface area contributed by atoms with Crippen molar-refractivity contribution in [3.63, 3.8) is 0 Å². The van der Waals surface area contributed by atoms with Crippen molar-refractivity contribution in [2.75, 3.05) is 12.4 Å². The lowest BCUT2D eigenvalue weighted by Crippen LogP contribution is -2.40. The van der Waals surface area contributed by atoms with Gasteiger partial charge in [-0.15, -0.1) is 0 Å². The first-order chi connectivity index (χ1) is 8.51. The molecule has 0 aliphatic heterocycles. The molecule has 0 fully saturated rings. The van der Waals surface area contributed by atoms with E-state index in [4.69, 9.17) is 4.74 Å². The number of benzene rings is 1. The van der Waals surface area contributed by atoms with Crippen LogP contribution in [0, 0.1) is 6.92 Å². The number of hydrogen-bond acceptors (Lipinski definition) is 3.